The van der Waals surface area contributed by atoms with Crippen LogP contribution in [0.3, 0.4) is 0 Å². The van der Waals surface area contributed by atoms with Crippen molar-refractivity contribution in [2.75, 3.05) is 6.54 Å². The molecular formula is C15H16BrN3OS. The van der Waals surface area contributed by atoms with Crippen LogP contribution < -0.4 is 16.0 Å². The number of benzene rings is 1. The lowest BCUT2D eigenvalue weighted by molar-refractivity contribution is -0.117. The van der Waals surface area contributed by atoms with Gasteiger partial charge in [-0.05, 0) is 36.8 Å². The second-order valence-corrected chi connectivity index (χ2v) is 5.94. The maximum absolute atomic E-state index is 12.4. The first-order valence-corrected chi connectivity index (χ1v) is 7.66. The molecule has 0 aromatic heterocycles. The number of amides is 1. The Morgan fingerprint density at radius 2 is 2.14 bits per heavy atom. The largest absolute Gasteiger partial charge is 0.351 e. The molecule has 0 bridgehead atoms. The van der Waals surface area contributed by atoms with E-state index in [0.717, 1.165) is 15.7 Å². The standard InChI is InChI=1S/C15H16BrN3OS/c1-3-8-17-14(20)12-9(2)18-15(21)19-13(12)10-4-6-11(16)7-5-10/h3-7,13H,1,8H2,2H3,(H,17,20)(H2,18,19,21). The van der Waals surface area contributed by atoms with E-state index >= 15 is 0 Å². The van der Waals surface area contributed by atoms with Crippen LogP contribution in [0.15, 0.2) is 52.7 Å². The summed E-state index contributed by atoms with van der Waals surface area (Å²) >= 11 is 8.61. The first-order valence-electron chi connectivity index (χ1n) is 6.45. The topological polar surface area (TPSA) is 53.2 Å². The highest BCUT2D eigenvalue weighted by molar-refractivity contribution is 9.10. The van der Waals surface area contributed by atoms with Crippen LogP contribution in [0, 0.1) is 0 Å². The Morgan fingerprint density at radius 1 is 1.48 bits per heavy atom. The van der Waals surface area contributed by atoms with Gasteiger partial charge in [0.25, 0.3) is 5.91 Å². The van der Waals surface area contributed by atoms with Crippen molar-refractivity contribution in [3.63, 3.8) is 0 Å². The number of nitrogens with one attached hydrogen (secondary N) is 3. The molecule has 1 atom stereocenters. The second kappa shape index (κ2) is 6.87. The molecule has 3 N–H and O–H groups in total. The zero-order valence-corrected chi connectivity index (χ0v) is 14.0. The van der Waals surface area contributed by atoms with E-state index < -0.39 is 0 Å². The summed E-state index contributed by atoms with van der Waals surface area (Å²) in [5.41, 5.74) is 2.37. The van der Waals surface area contributed by atoms with Gasteiger partial charge in [-0.1, -0.05) is 34.1 Å². The van der Waals surface area contributed by atoms with Gasteiger partial charge in [0.2, 0.25) is 0 Å². The number of carbonyl (C=O) groups excluding carboxylic acids is 1. The monoisotopic (exact) mass is 365 g/mol. The number of allylic oxidation sites excluding steroid dienone is 1. The van der Waals surface area contributed by atoms with E-state index in [1.54, 1.807) is 6.08 Å². The Hall–Kier alpha value is -1.66. The molecule has 0 saturated carbocycles. The quantitative estimate of drug-likeness (QED) is 0.566. The van der Waals surface area contributed by atoms with Gasteiger partial charge in [0.15, 0.2) is 5.11 Å². The fraction of sp³-hybridized carbons (Fsp3) is 0.200. The molecule has 1 heterocycles. The lowest BCUT2D eigenvalue weighted by Gasteiger charge is -2.30. The molecule has 1 aromatic carbocycles. The molecule has 0 saturated heterocycles. The van der Waals surface area contributed by atoms with Crippen LogP contribution in [0.2, 0.25) is 0 Å². The summed E-state index contributed by atoms with van der Waals surface area (Å²) in [6.45, 7) is 5.88. The normalized spacial score (nSPS) is 17.8. The zero-order chi connectivity index (χ0) is 15.4. The smallest absolute Gasteiger partial charge is 0.251 e. The highest BCUT2D eigenvalue weighted by atomic mass is 79.9. The minimum Gasteiger partial charge on any atom is -0.351 e. The number of carbonyl (C=O) groups is 1. The predicted molar refractivity (Wildman–Crippen MR) is 91.7 cm³/mol. The molecule has 2 rings (SSSR count). The van der Waals surface area contributed by atoms with Crippen LogP contribution in [0.1, 0.15) is 18.5 Å². The van der Waals surface area contributed by atoms with Crippen molar-refractivity contribution >= 4 is 39.2 Å². The van der Waals surface area contributed by atoms with E-state index in [1.165, 1.54) is 0 Å². The average molecular weight is 366 g/mol. The van der Waals surface area contributed by atoms with E-state index in [1.807, 2.05) is 31.2 Å². The third-order valence-electron chi connectivity index (χ3n) is 3.12. The lowest BCUT2D eigenvalue weighted by atomic mass is 9.95. The fourth-order valence-corrected chi connectivity index (χ4v) is 2.70. The Morgan fingerprint density at radius 3 is 2.76 bits per heavy atom. The SMILES string of the molecule is C=CCNC(=O)C1=C(C)NC(=S)NC1c1ccc(Br)cc1. The van der Waals surface area contributed by atoms with E-state index in [4.69, 9.17) is 12.2 Å². The summed E-state index contributed by atoms with van der Waals surface area (Å²) in [6.07, 6.45) is 1.65. The van der Waals surface area contributed by atoms with Crippen molar-refractivity contribution in [2.24, 2.45) is 0 Å². The fourth-order valence-electron chi connectivity index (χ4n) is 2.16. The molecule has 1 aliphatic heterocycles. The summed E-state index contributed by atoms with van der Waals surface area (Å²) < 4.78 is 0.987. The molecular weight excluding hydrogens is 350 g/mol. The third kappa shape index (κ3) is 3.71. The van der Waals surface area contributed by atoms with Gasteiger partial charge in [-0.3, -0.25) is 4.79 Å². The molecule has 1 amide bonds. The maximum atomic E-state index is 12.4. The van der Waals surface area contributed by atoms with Crippen molar-refractivity contribution in [1.29, 1.82) is 0 Å². The zero-order valence-electron chi connectivity index (χ0n) is 11.6. The highest BCUT2D eigenvalue weighted by Crippen LogP contribution is 2.27. The molecule has 0 radical (unpaired) electrons. The highest BCUT2D eigenvalue weighted by Gasteiger charge is 2.29. The molecule has 110 valence electrons. The Kier molecular flexibility index (Phi) is 5.14. The van der Waals surface area contributed by atoms with Crippen molar-refractivity contribution in [1.82, 2.24) is 16.0 Å². The Labute approximate surface area is 137 Å². The number of thiocarbonyl (C=S) groups is 1. The second-order valence-electron chi connectivity index (χ2n) is 4.62. The van der Waals surface area contributed by atoms with E-state index in [2.05, 4.69) is 38.5 Å². The van der Waals surface area contributed by atoms with Crippen LogP contribution in [-0.2, 0) is 4.79 Å². The predicted octanol–water partition coefficient (Wildman–Crippen LogP) is 2.54. The van der Waals surface area contributed by atoms with Crippen molar-refractivity contribution in [3.05, 3.63) is 58.2 Å². The molecule has 21 heavy (non-hydrogen) atoms. The average Bonchev–Trinajstić information content (AvgIpc) is 2.44. The number of hydrogen-bond acceptors (Lipinski definition) is 2. The summed E-state index contributed by atoms with van der Waals surface area (Å²) in [7, 11) is 0. The molecule has 1 aromatic rings. The molecule has 1 aliphatic rings. The maximum Gasteiger partial charge on any atom is 0.251 e. The van der Waals surface area contributed by atoms with Gasteiger partial charge < -0.3 is 16.0 Å². The molecule has 1 unspecified atom stereocenters. The summed E-state index contributed by atoms with van der Waals surface area (Å²) in [5, 5.41) is 9.48. The minimum atomic E-state index is -0.267. The number of halogens is 1. The van der Waals surface area contributed by atoms with Crippen molar-refractivity contribution in [3.8, 4) is 0 Å². The van der Waals surface area contributed by atoms with Gasteiger partial charge >= 0.3 is 0 Å². The van der Waals surface area contributed by atoms with Crippen molar-refractivity contribution < 1.29 is 4.79 Å². The van der Waals surface area contributed by atoms with Crippen LogP contribution in [0.4, 0.5) is 0 Å². The van der Waals surface area contributed by atoms with Gasteiger partial charge in [-0.15, -0.1) is 6.58 Å². The van der Waals surface area contributed by atoms with Crippen LogP contribution in [0.25, 0.3) is 0 Å². The first kappa shape index (κ1) is 15.7. The molecule has 6 heteroatoms. The summed E-state index contributed by atoms with van der Waals surface area (Å²) in [6, 6.07) is 7.54. The van der Waals surface area contributed by atoms with Crippen LogP contribution in [0.5, 0.6) is 0 Å². The van der Waals surface area contributed by atoms with Gasteiger partial charge in [-0.2, -0.15) is 0 Å². The summed E-state index contributed by atoms with van der Waals surface area (Å²) in [4.78, 5) is 12.4. The molecule has 0 fully saturated rings. The minimum absolute atomic E-state index is 0.136. The Bertz CT molecular complexity index is 610. The van der Waals surface area contributed by atoms with E-state index in [-0.39, 0.29) is 11.9 Å². The van der Waals surface area contributed by atoms with Crippen LogP contribution in [-0.4, -0.2) is 17.6 Å². The molecule has 0 spiro atoms. The van der Waals surface area contributed by atoms with Crippen molar-refractivity contribution in [2.45, 2.75) is 13.0 Å². The van der Waals surface area contributed by atoms with Gasteiger partial charge in [-0.25, -0.2) is 0 Å². The molecule has 4 nitrogen and oxygen atoms in total. The van der Waals surface area contributed by atoms with E-state index in [9.17, 15) is 4.79 Å². The van der Waals surface area contributed by atoms with Gasteiger partial charge in [0.05, 0.1) is 11.6 Å². The number of rotatable bonds is 4. The first-order chi connectivity index (χ1) is 10.0. The summed E-state index contributed by atoms with van der Waals surface area (Å²) in [5.74, 6) is -0.136. The Balaban J connectivity index is 2.37. The van der Waals surface area contributed by atoms with Gasteiger partial charge in [0, 0.05) is 16.7 Å². The lowest BCUT2D eigenvalue weighted by Crippen LogP contribution is -2.46. The number of hydrogen-bond donors (Lipinski definition) is 3. The van der Waals surface area contributed by atoms with Crippen LogP contribution >= 0.6 is 28.1 Å². The third-order valence-corrected chi connectivity index (χ3v) is 3.87. The molecule has 0 aliphatic carbocycles. The van der Waals surface area contributed by atoms with E-state index in [0.29, 0.717) is 17.2 Å². The van der Waals surface area contributed by atoms with Gasteiger partial charge in [0.1, 0.15) is 0 Å².